The molecule has 0 aliphatic carbocycles. The quantitative estimate of drug-likeness (QED) is 0.471. The highest BCUT2D eigenvalue weighted by molar-refractivity contribution is 5.97. The minimum absolute atomic E-state index is 0.216. The molecule has 0 aromatic heterocycles. The van der Waals surface area contributed by atoms with E-state index < -0.39 is 0 Å². The number of esters is 1. The van der Waals surface area contributed by atoms with Gasteiger partial charge in [-0.05, 0) is 26.0 Å². The molecule has 1 aromatic rings. The fraction of sp³-hybridized carbons (Fsp3) is 0.333. The molecule has 1 N–H and O–H groups in total. The smallest absolute Gasteiger partial charge is 0.311 e. The summed E-state index contributed by atoms with van der Waals surface area (Å²) in [4.78, 5) is 11.1. The number of hydrogen-bond donors (Lipinski definition) is 1. The van der Waals surface area contributed by atoms with Crippen LogP contribution >= 0.6 is 0 Å². The van der Waals surface area contributed by atoms with Crippen molar-refractivity contribution in [1.29, 1.82) is 0 Å². The number of benzene rings is 1. The summed E-state index contributed by atoms with van der Waals surface area (Å²) in [5, 5.41) is 4.08. The van der Waals surface area contributed by atoms with E-state index in [1.54, 1.807) is 13.8 Å². The minimum atomic E-state index is -0.251. The predicted molar refractivity (Wildman–Crippen MR) is 64.4 cm³/mol. The predicted octanol–water partition coefficient (Wildman–Crippen LogP) is 2.43. The Kier molecular flexibility index (Phi) is 5.05. The van der Waals surface area contributed by atoms with Crippen LogP contribution < -0.4 is 5.43 Å². The van der Waals surface area contributed by atoms with Gasteiger partial charge in [-0.1, -0.05) is 18.2 Å². The van der Waals surface area contributed by atoms with Crippen molar-refractivity contribution >= 4 is 17.4 Å². The van der Waals surface area contributed by atoms with Crippen LogP contribution in [0.2, 0.25) is 0 Å². The van der Waals surface area contributed by atoms with Crippen LogP contribution in [-0.4, -0.2) is 18.3 Å². The lowest BCUT2D eigenvalue weighted by Gasteiger charge is -2.03. The van der Waals surface area contributed by atoms with Gasteiger partial charge < -0.3 is 4.74 Å². The first kappa shape index (κ1) is 12.2. The topological polar surface area (TPSA) is 50.7 Å². The molecular weight excluding hydrogens is 204 g/mol. The van der Waals surface area contributed by atoms with Gasteiger partial charge in [0, 0.05) is 5.71 Å². The number of nitrogens with one attached hydrogen (secondary N) is 1. The zero-order chi connectivity index (χ0) is 11.8. The van der Waals surface area contributed by atoms with Crippen LogP contribution in [0.1, 0.15) is 20.3 Å². The number of nitrogens with zero attached hydrogens (tertiary/aromatic N) is 1. The number of carbonyl (C=O) groups excluding carboxylic acids is 1. The Morgan fingerprint density at radius 2 is 2.06 bits per heavy atom. The molecule has 0 aliphatic rings. The van der Waals surface area contributed by atoms with Gasteiger partial charge in [0.05, 0.1) is 18.7 Å². The summed E-state index contributed by atoms with van der Waals surface area (Å²) < 4.78 is 4.82. The number of carbonyl (C=O) groups is 1. The molecule has 1 aromatic carbocycles. The van der Waals surface area contributed by atoms with Crippen LogP contribution in [0.25, 0.3) is 0 Å². The van der Waals surface area contributed by atoms with Gasteiger partial charge in [0.2, 0.25) is 0 Å². The fourth-order valence-corrected chi connectivity index (χ4v) is 1.13. The summed E-state index contributed by atoms with van der Waals surface area (Å²) in [6.07, 6.45) is 0.216. The highest BCUT2D eigenvalue weighted by Crippen LogP contribution is 2.04. The van der Waals surface area contributed by atoms with Gasteiger partial charge in [-0.3, -0.25) is 10.2 Å². The molecule has 4 heteroatoms. The molecule has 0 heterocycles. The third-order valence-electron chi connectivity index (χ3n) is 1.86. The highest BCUT2D eigenvalue weighted by atomic mass is 16.5. The Morgan fingerprint density at radius 3 is 2.69 bits per heavy atom. The van der Waals surface area contributed by atoms with E-state index in [1.165, 1.54) is 0 Å². The van der Waals surface area contributed by atoms with Gasteiger partial charge in [0.25, 0.3) is 0 Å². The second kappa shape index (κ2) is 6.61. The zero-order valence-corrected chi connectivity index (χ0v) is 9.56. The van der Waals surface area contributed by atoms with Crippen molar-refractivity contribution in [3.8, 4) is 0 Å². The number of anilines is 1. The molecular formula is C12H16N2O2. The van der Waals surface area contributed by atoms with Crippen molar-refractivity contribution in [2.75, 3.05) is 12.0 Å². The lowest BCUT2D eigenvalue weighted by molar-refractivity contribution is -0.141. The van der Waals surface area contributed by atoms with E-state index in [4.69, 9.17) is 4.74 Å². The summed E-state index contributed by atoms with van der Waals surface area (Å²) >= 11 is 0. The van der Waals surface area contributed by atoms with Crippen LogP contribution in [-0.2, 0) is 9.53 Å². The maximum atomic E-state index is 11.1. The summed E-state index contributed by atoms with van der Waals surface area (Å²) in [6.45, 7) is 3.97. The van der Waals surface area contributed by atoms with Crippen molar-refractivity contribution in [1.82, 2.24) is 0 Å². The van der Waals surface area contributed by atoms with Gasteiger partial charge >= 0.3 is 5.97 Å². The molecule has 0 amide bonds. The standard InChI is InChI=1S/C12H16N2O2/c1-3-16-12(15)9-10(2)13-14-11-7-5-4-6-8-11/h4-8,14H,3,9H2,1-2H3. The average molecular weight is 220 g/mol. The average Bonchev–Trinajstić information content (AvgIpc) is 2.28. The van der Waals surface area contributed by atoms with E-state index in [9.17, 15) is 4.79 Å². The highest BCUT2D eigenvalue weighted by Gasteiger charge is 2.03. The summed E-state index contributed by atoms with van der Waals surface area (Å²) in [6, 6.07) is 9.57. The Balaban J connectivity index is 2.42. The number of hydrogen-bond acceptors (Lipinski definition) is 4. The molecule has 0 fully saturated rings. The zero-order valence-electron chi connectivity index (χ0n) is 9.56. The molecule has 0 saturated carbocycles. The van der Waals surface area contributed by atoms with Crippen LogP contribution in [0.15, 0.2) is 35.4 Å². The van der Waals surface area contributed by atoms with Crippen molar-refractivity contribution in [3.05, 3.63) is 30.3 Å². The maximum Gasteiger partial charge on any atom is 0.311 e. The monoisotopic (exact) mass is 220 g/mol. The van der Waals surface area contributed by atoms with Crippen molar-refractivity contribution < 1.29 is 9.53 Å². The lowest BCUT2D eigenvalue weighted by atomic mass is 10.3. The Bertz CT molecular complexity index is 361. The van der Waals surface area contributed by atoms with Crippen LogP contribution in [0, 0.1) is 0 Å². The second-order valence-corrected chi connectivity index (χ2v) is 3.31. The third kappa shape index (κ3) is 4.59. The van der Waals surface area contributed by atoms with Crippen LogP contribution in [0.3, 0.4) is 0 Å². The Labute approximate surface area is 95.3 Å². The lowest BCUT2D eigenvalue weighted by Crippen LogP contribution is -2.10. The number of para-hydroxylation sites is 1. The SMILES string of the molecule is CCOC(=O)CC(C)=NNc1ccccc1. The molecule has 0 saturated heterocycles. The molecule has 86 valence electrons. The maximum absolute atomic E-state index is 11.1. The first-order valence-electron chi connectivity index (χ1n) is 5.22. The van der Waals surface area contributed by atoms with Crippen molar-refractivity contribution in [2.45, 2.75) is 20.3 Å². The van der Waals surface area contributed by atoms with E-state index in [0.717, 1.165) is 5.69 Å². The van der Waals surface area contributed by atoms with Gasteiger partial charge in [0.1, 0.15) is 0 Å². The fourth-order valence-electron chi connectivity index (χ4n) is 1.13. The van der Waals surface area contributed by atoms with E-state index in [2.05, 4.69) is 10.5 Å². The van der Waals surface area contributed by atoms with Crippen LogP contribution in [0.4, 0.5) is 5.69 Å². The number of ether oxygens (including phenoxy) is 1. The van der Waals surface area contributed by atoms with Crippen LogP contribution in [0.5, 0.6) is 0 Å². The summed E-state index contributed by atoms with van der Waals surface area (Å²) in [5.41, 5.74) is 4.46. The van der Waals surface area contributed by atoms with Gasteiger partial charge in [-0.15, -0.1) is 0 Å². The van der Waals surface area contributed by atoms with Gasteiger partial charge in [0.15, 0.2) is 0 Å². The van der Waals surface area contributed by atoms with Gasteiger partial charge in [-0.25, -0.2) is 0 Å². The first-order chi connectivity index (χ1) is 7.72. The van der Waals surface area contributed by atoms with Crippen molar-refractivity contribution in [3.63, 3.8) is 0 Å². The molecule has 0 atom stereocenters. The first-order valence-corrected chi connectivity index (χ1v) is 5.22. The number of hydrazone groups is 1. The molecule has 0 bridgehead atoms. The Hall–Kier alpha value is -1.84. The van der Waals surface area contributed by atoms with Gasteiger partial charge in [-0.2, -0.15) is 5.10 Å². The molecule has 0 unspecified atom stereocenters. The molecule has 4 nitrogen and oxygen atoms in total. The summed E-state index contributed by atoms with van der Waals surface area (Å²) in [5.74, 6) is -0.251. The summed E-state index contributed by atoms with van der Waals surface area (Å²) in [7, 11) is 0. The molecule has 16 heavy (non-hydrogen) atoms. The minimum Gasteiger partial charge on any atom is -0.466 e. The van der Waals surface area contributed by atoms with E-state index in [-0.39, 0.29) is 12.4 Å². The Morgan fingerprint density at radius 1 is 1.38 bits per heavy atom. The molecule has 1 rings (SSSR count). The van der Waals surface area contributed by atoms with E-state index in [1.807, 2.05) is 30.3 Å². The van der Waals surface area contributed by atoms with E-state index >= 15 is 0 Å². The number of rotatable bonds is 5. The molecule has 0 aliphatic heterocycles. The molecule has 0 spiro atoms. The molecule has 0 radical (unpaired) electrons. The third-order valence-corrected chi connectivity index (χ3v) is 1.86. The normalized spacial score (nSPS) is 11.0. The van der Waals surface area contributed by atoms with E-state index in [0.29, 0.717) is 12.3 Å². The van der Waals surface area contributed by atoms with Crippen molar-refractivity contribution in [2.24, 2.45) is 5.10 Å². The second-order valence-electron chi connectivity index (χ2n) is 3.31. The largest absolute Gasteiger partial charge is 0.466 e.